The topological polar surface area (TPSA) is 75.6 Å². The molecular weight excluding hydrogens is 432 g/mol. The highest BCUT2D eigenvalue weighted by Gasteiger charge is 2.22. The van der Waals surface area contributed by atoms with E-state index in [0.29, 0.717) is 26.6 Å². The molecule has 0 saturated heterocycles. The minimum Gasteiger partial charge on any atom is -0.480 e. The van der Waals surface area contributed by atoms with Crippen molar-refractivity contribution in [3.8, 4) is 0 Å². The van der Waals surface area contributed by atoms with Gasteiger partial charge in [0.1, 0.15) is 6.04 Å². The molecule has 1 amide bonds. The lowest BCUT2D eigenvalue weighted by atomic mass is 10.1. The lowest BCUT2D eigenvalue weighted by Crippen LogP contribution is -2.41. The van der Waals surface area contributed by atoms with Crippen molar-refractivity contribution in [2.75, 3.05) is 13.7 Å². The fraction of sp³-hybridized carbons (Fsp3) is 0.385. The molecule has 1 rings (SSSR count). The van der Waals surface area contributed by atoms with Gasteiger partial charge in [0.2, 0.25) is 0 Å². The summed E-state index contributed by atoms with van der Waals surface area (Å²) in [6.45, 7) is 0.431. The molecule has 0 aromatic heterocycles. The van der Waals surface area contributed by atoms with Gasteiger partial charge in [-0.25, -0.2) is 4.79 Å². The predicted octanol–water partition coefficient (Wildman–Crippen LogP) is 3.21. The molecule has 0 bridgehead atoms. The number of methoxy groups -OCH3 is 1. The highest BCUT2D eigenvalue weighted by atomic mass is 127. The number of carboxylic acids is 1. The molecule has 0 heterocycles. The van der Waals surface area contributed by atoms with Gasteiger partial charge in [-0.05, 0) is 47.6 Å². The third kappa shape index (κ3) is 5.61. The van der Waals surface area contributed by atoms with Gasteiger partial charge < -0.3 is 15.2 Å². The summed E-state index contributed by atoms with van der Waals surface area (Å²) in [6.07, 6.45) is 0.806. The highest BCUT2D eigenvalue weighted by Crippen LogP contribution is 2.26. The molecule has 1 unspecified atom stereocenters. The Kier molecular flexibility index (Phi) is 7.72. The second-order valence-electron chi connectivity index (χ2n) is 4.25. The predicted molar refractivity (Wildman–Crippen MR) is 89.2 cm³/mol. The van der Waals surface area contributed by atoms with E-state index >= 15 is 0 Å². The molecule has 21 heavy (non-hydrogen) atoms. The van der Waals surface area contributed by atoms with E-state index in [1.165, 1.54) is 19.2 Å². The van der Waals surface area contributed by atoms with Crippen LogP contribution < -0.4 is 5.32 Å². The van der Waals surface area contributed by atoms with Crippen molar-refractivity contribution in [2.24, 2.45) is 0 Å². The third-order valence-corrected chi connectivity index (χ3v) is 4.68. The quantitative estimate of drug-likeness (QED) is 0.384. The number of rotatable bonds is 7. The van der Waals surface area contributed by atoms with Gasteiger partial charge in [-0.1, -0.05) is 23.2 Å². The summed E-state index contributed by atoms with van der Waals surface area (Å²) in [7, 11) is 1.53. The van der Waals surface area contributed by atoms with Crippen molar-refractivity contribution in [1.82, 2.24) is 5.32 Å². The number of carbonyl (C=O) groups excluding carboxylic acids is 1. The van der Waals surface area contributed by atoms with Crippen molar-refractivity contribution in [3.05, 3.63) is 31.3 Å². The summed E-state index contributed by atoms with van der Waals surface area (Å²) in [4.78, 5) is 23.4. The Labute approximate surface area is 146 Å². The van der Waals surface area contributed by atoms with Crippen LogP contribution in [0.1, 0.15) is 23.2 Å². The molecule has 0 aliphatic rings. The number of carbonyl (C=O) groups is 2. The molecule has 0 radical (unpaired) electrons. The van der Waals surface area contributed by atoms with E-state index < -0.39 is 17.9 Å². The van der Waals surface area contributed by atoms with Gasteiger partial charge in [0.25, 0.3) is 5.91 Å². The van der Waals surface area contributed by atoms with Crippen LogP contribution in [-0.4, -0.2) is 36.7 Å². The van der Waals surface area contributed by atoms with Gasteiger partial charge >= 0.3 is 5.97 Å². The Morgan fingerprint density at radius 1 is 1.43 bits per heavy atom. The fourth-order valence-corrected chi connectivity index (χ4v) is 2.70. The summed E-state index contributed by atoms with van der Waals surface area (Å²) < 4.78 is 5.40. The number of halogens is 3. The third-order valence-electron chi connectivity index (χ3n) is 2.68. The zero-order valence-corrected chi connectivity index (χ0v) is 14.8. The van der Waals surface area contributed by atoms with Crippen molar-refractivity contribution in [2.45, 2.75) is 18.9 Å². The monoisotopic (exact) mass is 445 g/mol. The van der Waals surface area contributed by atoms with Gasteiger partial charge in [-0.15, -0.1) is 0 Å². The number of benzene rings is 1. The molecule has 0 fully saturated rings. The molecule has 0 aliphatic heterocycles. The molecule has 8 heteroatoms. The lowest BCUT2D eigenvalue weighted by Gasteiger charge is -2.15. The average Bonchev–Trinajstić information content (AvgIpc) is 2.41. The number of nitrogens with one attached hydrogen (secondary N) is 1. The van der Waals surface area contributed by atoms with Crippen LogP contribution in [-0.2, 0) is 9.53 Å². The molecule has 1 atom stereocenters. The maximum Gasteiger partial charge on any atom is 0.326 e. The smallest absolute Gasteiger partial charge is 0.326 e. The number of hydrogen-bond donors (Lipinski definition) is 2. The normalized spacial score (nSPS) is 12.0. The van der Waals surface area contributed by atoms with Gasteiger partial charge in [-0.3, -0.25) is 4.79 Å². The minimum atomic E-state index is -1.09. The van der Waals surface area contributed by atoms with E-state index in [2.05, 4.69) is 5.32 Å². The average molecular weight is 446 g/mol. The molecule has 0 aliphatic carbocycles. The maximum absolute atomic E-state index is 12.2. The number of aliphatic carboxylic acids is 1. The first kappa shape index (κ1) is 18.5. The summed E-state index contributed by atoms with van der Waals surface area (Å²) in [6, 6.07) is 1.99. The molecule has 2 N–H and O–H groups in total. The van der Waals surface area contributed by atoms with E-state index in [1.54, 1.807) is 0 Å². The van der Waals surface area contributed by atoms with E-state index in [4.69, 9.17) is 33.0 Å². The zero-order valence-electron chi connectivity index (χ0n) is 11.2. The fourth-order valence-electron chi connectivity index (χ4n) is 1.65. The van der Waals surface area contributed by atoms with Crippen LogP contribution in [0.5, 0.6) is 0 Å². The summed E-state index contributed by atoms with van der Waals surface area (Å²) in [5, 5.41) is 12.3. The highest BCUT2D eigenvalue weighted by molar-refractivity contribution is 14.1. The second kappa shape index (κ2) is 8.77. The van der Waals surface area contributed by atoms with E-state index in [9.17, 15) is 9.59 Å². The first-order chi connectivity index (χ1) is 9.86. The zero-order chi connectivity index (χ0) is 16.0. The van der Waals surface area contributed by atoms with E-state index in [-0.39, 0.29) is 12.0 Å². The van der Waals surface area contributed by atoms with Gasteiger partial charge in [0.15, 0.2) is 0 Å². The number of ether oxygens (including phenoxy) is 1. The van der Waals surface area contributed by atoms with Crippen LogP contribution in [0.25, 0.3) is 0 Å². The van der Waals surface area contributed by atoms with Crippen LogP contribution in [0.2, 0.25) is 10.0 Å². The number of amides is 1. The molecule has 116 valence electrons. The Hall–Kier alpha value is -0.570. The first-order valence-electron chi connectivity index (χ1n) is 6.04. The molecule has 1 aromatic carbocycles. The van der Waals surface area contributed by atoms with E-state index in [1.807, 2.05) is 22.6 Å². The Morgan fingerprint density at radius 3 is 2.67 bits per heavy atom. The van der Waals surface area contributed by atoms with Gasteiger partial charge in [0.05, 0.1) is 10.6 Å². The minimum absolute atomic E-state index is 0.256. The SMILES string of the molecule is COCCCC(NC(=O)c1cc(Cl)cc(Cl)c1I)C(=O)O. The van der Waals surface area contributed by atoms with Gasteiger partial charge in [-0.2, -0.15) is 0 Å². The summed E-state index contributed by atoms with van der Waals surface area (Å²) in [5.74, 6) is -1.61. The standard InChI is InChI=1S/C13H14Cl2INO4/c1-21-4-2-3-10(13(19)20)17-12(18)8-5-7(14)6-9(15)11(8)16/h5-6,10H,2-4H2,1H3,(H,17,18)(H,19,20). The van der Waals surface area contributed by atoms with Crippen LogP contribution in [0.4, 0.5) is 0 Å². The summed E-state index contributed by atoms with van der Waals surface area (Å²) in [5.41, 5.74) is 0.256. The first-order valence-corrected chi connectivity index (χ1v) is 7.87. The van der Waals surface area contributed by atoms with Crippen LogP contribution in [0, 0.1) is 3.57 Å². The largest absolute Gasteiger partial charge is 0.480 e. The Morgan fingerprint density at radius 2 is 2.10 bits per heavy atom. The number of carboxylic acid groups (broad SMARTS) is 1. The maximum atomic E-state index is 12.2. The van der Waals surface area contributed by atoms with Crippen LogP contribution in [0.3, 0.4) is 0 Å². The lowest BCUT2D eigenvalue weighted by molar-refractivity contribution is -0.139. The molecular formula is C13H14Cl2INO4. The van der Waals surface area contributed by atoms with E-state index in [0.717, 1.165) is 0 Å². The number of hydrogen-bond acceptors (Lipinski definition) is 3. The van der Waals surface area contributed by atoms with Crippen molar-refractivity contribution >= 4 is 57.7 Å². The summed E-state index contributed by atoms with van der Waals surface area (Å²) >= 11 is 13.7. The molecule has 0 saturated carbocycles. The Bertz CT molecular complexity index is 539. The molecule has 0 spiro atoms. The van der Waals surface area contributed by atoms with Crippen molar-refractivity contribution in [1.29, 1.82) is 0 Å². The van der Waals surface area contributed by atoms with Crippen molar-refractivity contribution < 1.29 is 19.4 Å². The second-order valence-corrected chi connectivity index (χ2v) is 6.17. The molecule has 5 nitrogen and oxygen atoms in total. The van der Waals surface area contributed by atoms with Crippen LogP contribution >= 0.6 is 45.8 Å². The Balaban J connectivity index is 2.85. The molecule has 1 aromatic rings. The van der Waals surface area contributed by atoms with Crippen LogP contribution in [0.15, 0.2) is 12.1 Å². The van der Waals surface area contributed by atoms with Gasteiger partial charge in [0, 0.05) is 22.3 Å². The van der Waals surface area contributed by atoms with Crippen molar-refractivity contribution in [3.63, 3.8) is 0 Å².